The minimum Gasteiger partial charge on any atom is -0.461 e. The van der Waals surface area contributed by atoms with Gasteiger partial charge >= 0.3 is 5.97 Å². The lowest BCUT2D eigenvalue weighted by molar-refractivity contribution is -0.149. The van der Waals surface area contributed by atoms with Gasteiger partial charge in [-0.3, -0.25) is 9.59 Å². The molecule has 0 aromatic heterocycles. The van der Waals surface area contributed by atoms with E-state index in [4.69, 9.17) is 16.3 Å². The van der Waals surface area contributed by atoms with Gasteiger partial charge in [0.1, 0.15) is 6.61 Å². The van der Waals surface area contributed by atoms with Crippen LogP contribution in [0.25, 0.3) is 0 Å². The molecule has 1 amide bonds. The fourth-order valence-electron chi connectivity index (χ4n) is 2.76. The molecule has 1 heterocycles. The van der Waals surface area contributed by atoms with Gasteiger partial charge in [0.05, 0.1) is 5.92 Å². The number of esters is 1. The fraction of sp³-hybridized carbons (Fsp3) is 0.263. The van der Waals surface area contributed by atoms with E-state index in [0.29, 0.717) is 18.1 Å². The van der Waals surface area contributed by atoms with Crippen LogP contribution in [0.1, 0.15) is 17.5 Å². The maximum absolute atomic E-state index is 12.2. The Kier molecular flexibility index (Phi) is 5.16. The van der Waals surface area contributed by atoms with Crippen LogP contribution in [-0.4, -0.2) is 23.3 Å². The van der Waals surface area contributed by atoms with Crippen LogP contribution in [0.3, 0.4) is 0 Å². The van der Waals surface area contributed by atoms with Crippen LogP contribution >= 0.6 is 11.6 Å². The summed E-state index contributed by atoms with van der Waals surface area (Å²) >= 11 is 6.14. The lowest BCUT2D eigenvalue weighted by atomic mass is 10.1. The molecule has 2 aromatic rings. The highest BCUT2D eigenvalue weighted by Gasteiger charge is 2.35. The van der Waals surface area contributed by atoms with Gasteiger partial charge in [0.2, 0.25) is 5.91 Å². The number of hydrogen-bond acceptors (Lipinski definition) is 3. The highest BCUT2D eigenvalue weighted by molar-refractivity contribution is 6.31. The molecule has 1 fully saturated rings. The van der Waals surface area contributed by atoms with Gasteiger partial charge in [-0.1, -0.05) is 60.1 Å². The molecule has 0 N–H and O–H groups in total. The van der Waals surface area contributed by atoms with E-state index in [-0.39, 0.29) is 24.9 Å². The van der Waals surface area contributed by atoms with Crippen LogP contribution in [0.4, 0.5) is 0 Å². The van der Waals surface area contributed by atoms with Gasteiger partial charge in [-0.25, -0.2) is 0 Å². The van der Waals surface area contributed by atoms with E-state index in [1.807, 2.05) is 48.5 Å². The van der Waals surface area contributed by atoms with Gasteiger partial charge in [-0.15, -0.1) is 0 Å². The lowest BCUT2D eigenvalue weighted by Gasteiger charge is -2.17. The Labute approximate surface area is 146 Å². The summed E-state index contributed by atoms with van der Waals surface area (Å²) in [6.07, 6.45) is 0.193. The molecular formula is C19H18ClNO3. The maximum atomic E-state index is 12.2. The number of hydrogen-bond donors (Lipinski definition) is 0. The van der Waals surface area contributed by atoms with Crippen molar-refractivity contribution in [3.05, 3.63) is 70.7 Å². The molecule has 4 nitrogen and oxygen atoms in total. The maximum Gasteiger partial charge on any atom is 0.311 e. The van der Waals surface area contributed by atoms with Crippen LogP contribution in [0.15, 0.2) is 54.6 Å². The highest BCUT2D eigenvalue weighted by atomic mass is 35.5. The summed E-state index contributed by atoms with van der Waals surface area (Å²) in [5, 5.41) is 0.625. The van der Waals surface area contributed by atoms with E-state index in [2.05, 4.69) is 0 Å². The number of amides is 1. The predicted octanol–water partition coefficient (Wildman–Crippen LogP) is 3.43. The quantitative estimate of drug-likeness (QED) is 0.781. The molecule has 124 valence electrons. The first kappa shape index (κ1) is 16.5. The first-order valence-electron chi connectivity index (χ1n) is 7.85. The summed E-state index contributed by atoms with van der Waals surface area (Å²) in [7, 11) is 0. The Bertz CT molecular complexity index is 732. The van der Waals surface area contributed by atoms with Gasteiger partial charge in [-0.05, 0) is 17.2 Å². The number of carbonyl (C=O) groups excluding carboxylic acids is 2. The van der Waals surface area contributed by atoms with Crippen LogP contribution in [0.5, 0.6) is 0 Å². The van der Waals surface area contributed by atoms with E-state index in [0.717, 1.165) is 11.1 Å². The second-order valence-corrected chi connectivity index (χ2v) is 6.27. The van der Waals surface area contributed by atoms with Gasteiger partial charge in [-0.2, -0.15) is 0 Å². The summed E-state index contributed by atoms with van der Waals surface area (Å²) < 4.78 is 5.34. The molecule has 3 rings (SSSR count). The first-order chi connectivity index (χ1) is 11.6. The van der Waals surface area contributed by atoms with Gasteiger partial charge in [0.15, 0.2) is 0 Å². The van der Waals surface area contributed by atoms with Crippen LogP contribution in [-0.2, 0) is 27.5 Å². The van der Waals surface area contributed by atoms with Crippen LogP contribution < -0.4 is 0 Å². The molecule has 24 heavy (non-hydrogen) atoms. The summed E-state index contributed by atoms with van der Waals surface area (Å²) in [6.45, 7) is 1.02. The van der Waals surface area contributed by atoms with Gasteiger partial charge in [0.25, 0.3) is 0 Å². The van der Waals surface area contributed by atoms with E-state index >= 15 is 0 Å². The number of benzene rings is 2. The van der Waals surface area contributed by atoms with Crippen molar-refractivity contribution in [1.29, 1.82) is 0 Å². The third-order valence-corrected chi connectivity index (χ3v) is 4.46. The van der Waals surface area contributed by atoms with Crippen molar-refractivity contribution in [2.75, 3.05) is 6.54 Å². The number of ether oxygens (including phenoxy) is 1. The van der Waals surface area contributed by atoms with E-state index in [9.17, 15) is 9.59 Å². The molecule has 0 saturated carbocycles. The Morgan fingerprint density at radius 2 is 1.83 bits per heavy atom. The summed E-state index contributed by atoms with van der Waals surface area (Å²) in [6, 6.07) is 16.9. The average molecular weight is 344 g/mol. The second-order valence-electron chi connectivity index (χ2n) is 5.86. The molecule has 1 aliphatic rings. The summed E-state index contributed by atoms with van der Waals surface area (Å²) in [5.74, 6) is -0.783. The minimum absolute atomic E-state index is 0.0448. The van der Waals surface area contributed by atoms with Crippen molar-refractivity contribution in [2.24, 2.45) is 5.92 Å². The van der Waals surface area contributed by atoms with Crippen molar-refractivity contribution in [3.63, 3.8) is 0 Å². The van der Waals surface area contributed by atoms with E-state index in [1.54, 1.807) is 11.0 Å². The molecule has 1 saturated heterocycles. The predicted molar refractivity (Wildman–Crippen MR) is 91.2 cm³/mol. The van der Waals surface area contributed by atoms with Gasteiger partial charge in [0, 0.05) is 24.5 Å². The molecule has 1 atom stereocenters. The van der Waals surface area contributed by atoms with Crippen LogP contribution in [0, 0.1) is 5.92 Å². The monoisotopic (exact) mass is 343 g/mol. The zero-order chi connectivity index (χ0) is 16.9. The molecule has 5 heteroatoms. The normalized spacial score (nSPS) is 17.1. The topological polar surface area (TPSA) is 46.6 Å². The Morgan fingerprint density at radius 1 is 1.12 bits per heavy atom. The molecule has 0 unspecified atom stereocenters. The second kappa shape index (κ2) is 7.49. The highest BCUT2D eigenvalue weighted by Crippen LogP contribution is 2.24. The van der Waals surface area contributed by atoms with Crippen molar-refractivity contribution >= 4 is 23.5 Å². The molecule has 0 aliphatic carbocycles. The summed E-state index contributed by atoms with van der Waals surface area (Å²) in [4.78, 5) is 26.0. The Hall–Kier alpha value is -2.33. The average Bonchev–Trinajstić information content (AvgIpc) is 2.96. The van der Waals surface area contributed by atoms with Crippen molar-refractivity contribution in [2.45, 2.75) is 19.6 Å². The molecule has 0 bridgehead atoms. The number of nitrogens with zero attached hydrogens (tertiary/aromatic N) is 1. The fourth-order valence-corrected chi connectivity index (χ4v) is 2.96. The number of rotatable bonds is 5. The van der Waals surface area contributed by atoms with Crippen molar-refractivity contribution in [3.8, 4) is 0 Å². The van der Waals surface area contributed by atoms with Crippen LogP contribution in [0.2, 0.25) is 5.02 Å². The smallest absolute Gasteiger partial charge is 0.311 e. The van der Waals surface area contributed by atoms with Crippen molar-refractivity contribution in [1.82, 2.24) is 4.90 Å². The lowest BCUT2D eigenvalue weighted by Crippen LogP contribution is -2.26. The SMILES string of the molecule is O=C(OCc1ccccc1)[C@H]1CC(=O)N(Cc2ccccc2Cl)C1. The third kappa shape index (κ3) is 3.95. The number of carbonyl (C=O) groups is 2. The summed E-state index contributed by atoms with van der Waals surface area (Å²) in [5.41, 5.74) is 1.81. The van der Waals surface area contributed by atoms with E-state index in [1.165, 1.54) is 0 Å². The molecule has 1 aliphatic heterocycles. The molecule has 2 aromatic carbocycles. The van der Waals surface area contributed by atoms with Gasteiger partial charge < -0.3 is 9.64 Å². The largest absolute Gasteiger partial charge is 0.461 e. The molecule has 0 radical (unpaired) electrons. The number of halogens is 1. The molecule has 0 spiro atoms. The van der Waals surface area contributed by atoms with E-state index < -0.39 is 5.92 Å². The Balaban J connectivity index is 1.56. The third-order valence-electron chi connectivity index (χ3n) is 4.09. The van der Waals surface area contributed by atoms with Crippen molar-refractivity contribution < 1.29 is 14.3 Å². The first-order valence-corrected chi connectivity index (χ1v) is 8.23. The zero-order valence-electron chi connectivity index (χ0n) is 13.2. The standard InChI is InChI=1S/C19H18ClNO3/c20-17-9-5-4-8-15(17)11-21-12-16(10-18(21)22)19(23)24-13-14-6-2-1-3-7-14/h1-9,16H,10-13H2/t16-/m0/s1. The Morgan fingerprint density at radius 3 is 2.58 bits per heavy atom. The molecular weight excluding hydrogens is 326 g/mol. The number of likely N-dealkylation sites (tertiary alicyclic amines) is 1. The minimum atomic E-state index is -0.413. The zero-order valence-corrected chi connectivity index (χ0v) is 13.9.